The number of hydrogen-bond acceptors (Lipinski definition) is 3. The molecule has 2 atom stereocenters. The molecule has 5 nitrogen and oxygen atoms in total. The minimum Gasteiger partial charge on any atom is -0.489 e. The van der Waals surface area contributed by atoms with Gasteiger partial charge in [-0.25, -0.2) is 4.79 Å². The Labute approximate surface area is 131 Å². The van der Waals surface area contributed by atoms with Crippen molar-refractivity contribution in [3.8, 4) is 5.75 Å². The van der Waals surface area contributed by atoms with Gasteiger partial charge in [-0.1, -0.05) is 19.6 Å². The number of aliphatic hydroxyl groups excluding tert-OH is 1. The summed E-state index contributed by atoms with van der Waals surface area (Å²) in [5.41, 5.74) is 1.61. The van der Waals surface area contributed by atoms with E-state index in [1.807, 2.05) is 32.0 Å². The molecule has 2 N–H and O–H groups in total. The molecule has 1 aromatic carbocycles. The molecule has 120 valence electrons. The molecule has 0 spiro atoms. The van der Waals surface area contributed by atoms with Gasteiger partial charge in [-0.3, -0.25) is 0 Å². The van der Waals surface area contributed by atoms with E-state index in [-0.39, 0.29) is 11.9 Å². The van der Waals surface area contributed by atoms with Gasteiger partial charge in [0, 0.05) is 24.8 Å². The highest BCUT2D eigenvalue weighted by Crippen LogP contribution is 2.20. The van der Waals surface area contributed by atoms with Gasteiger partial charge in [0.1, 0.15) is 12.4 Å². The normalized spacial score (nSPS) is 21.3. The van der Waals surface area contributed by atoms with Gasteiger partial charge in [0.05, 0.1) is 6.10 Å². The number of hydrogen-bond donors (Lipinski definition) is 2. The highest BCUT2D eigenvalue weighted by atomic mass is 16.5. The van der Waals surface area contributed by atoms with E-state index in [1.54, 1.807) is 11.0 Å². The molecular weight excluding hydrogens is 280 g/mol. The van der Waals surface area contributed by atoms with E-state index in [2.05, 4.69) is 11.9 Å². The van der Waals surface area contributed by atoms with Gasteiger partial charge in [0.2, 0.25) is 0 Å². The molecule has 2 amide bonds. The van der Waals surface area contributed by atoms with Crippen LogP contribution in [0.4, 0.5) is 10.5 Å². The molecular formula is C17H24N2O3. The first-order valence-corrected chi connectivity index (χ1v) is 7.57. The molecule has 1 aliphatic heterocycles. The van der Waals surface area contributed by atoms with Crippen molar-refractivity contribution in [3.05, 3.63) is 36.4 Å². The molecule has 22 heavy (non-hydrogen) atoms. The number of rotatable bonds is 4. The number of β-amino-alcohol motifs (C(OH)–C–C–N with tert-alkyl or cyclic N) is 1. The Hall–Kier alpha value is -2.01. The number of nitrogens with zero attached hydrogens (tertiary/aromatic N) is 1. The maximum Gasteiger partial charge on any atom is 0.321 e. The summed E-state index contributed by atoms with van der Waals surface area (Å²) in [6.45, 7) is 9.18. The van der Waals surface area contributed by atoms with Crippen molar-refractivity contribution < 1.29 is 14.6 Å². The number of amides is 2. The van der Waals surface area contributed by atoms with E-state index in [4.69, 9.17) is 4.74 Å². The number of carbonyl (C=O) groups excluding carboxylic acids is 1. The number of urea groups is 1. The van der Waals surface area contributed by atoms with E-state index in [1.165, 1.54) is 0 Å². The number of nitrogens with one attached hydrogen (secondary N) is 1. The molecule has 1 aromatic rings. The molecule has 0 aromatic heterocycles. The largest absolute Gasteiger partial charge is 0.489 e. The first-order chi connectivity index (χ1) is 10.5. The Morgan fingerprint density at radius 2 is 2.32 bits per heavy atom. The highest BCUT2D eigenvalue weighted by Gasteiger charge is 2.27. The first kappa shape index (κ1) is 16.4. The van der Waals surface area contributed by atoms with Crippen LogP contribution in [-0.2, 0) is 0 Å². The second-order valence-electron chi connectivity index (χ2n) is 5.98. The minimum atomic E-state index is -0.454. The van der Waals surface area contributed by atoms with Gasteiger partial charge in [-0.15, -0.1) is 0 Å². The Balaban J connectivity index is 1.94. The fourth-order valence-electron chi connectivity index (χ4n) is 2.31. The molecule has 0 bridgehead atoms. The Kier molecular flexibility index (Phi) is 5.44. The molecule has 1 saturated heterocycles. The van der Waals surface area contributed by atoms with E-state index >= 15 is 0 Å². The van der Waals surface area contributed by atoms with Gasteiger partial charge in [-0.05, 0) is 37.0 Å². The topological polar surface area (TPSA) is 61.8 Å². The smallest absolute Gasteiger partial charge is 0.321 e. The number of anilines is 1. The SMILES string of the molecule is C=C(C)COc1cccc(NC(=O)N2CCC(C)C(O)C2)c1. The second-order valence-corrected chi connectivity index (χ2v) is 5.98. The molecule has 5 heteroatoms. The fourth-order valence-corrected chi connectivity index (χ4v) is 2.31. The predicted octanol–water partition coefficient (Wildman–Crippen LogP) is 2.88. The first-order valence-electron chi connectivity index (χ1n) is 7.57. The van der Waals surface area contributed by atoms with Gasteiger partial charge < -0.3 is 20.1 Å². The maximum atomic E-state index is 12.2. The maximum absolute atomic E-state index is 12.2. The van der Waals surface area contributed by atoms with Crippen molar-refractivity contribution in [3.63, 3.8) is 0 Å². The van der Waals surface area contributed by atoms with E-state index in [0.29, 0.717) is 31.1 Å². The number of likely N-dealkylation sites (tertiary alicyclic amines) is 1. The average molecular weight is 304 g/mol. The van der Waals surface area contributed by atoms with Crippen LogP contribution in [0.15, 0.2) is 36.4 Å². The summed E-state index contributed by atoms with van der Waals surface area (Å²) in [5, 5.41) is 12.7. The lowest BCUT2D eigenvalue weighted by molar-refractivity contribution is 0.0464. The molecule has 2 unspecified atom stereocenters. The summed E-state index contributed by atoms with van der Waals surface area (Å²) < 4.78 is 5.56. The van der Waals surface area contributed by atoms with Crippen LogP contribution in [0.2, 0.25) is 0 Å². The molecule has 1 fully saturated rings. The third-order valence-electron chi connectivity index (χ3n) is 3.78. The number of piperidine rings is 1. The van der Waals surface area contributed by atoms with Crippen molar-refractivity contribution in [2.45, 2.75) is 26.4 Å². The molecule has 0 radical (unpaired) electrons. The van der Waals surface area contributed by atoms with E-state index < -0.39 is 6.10 Å². The van der Waals surface area contributed by atoms with Crippen molar-refractivity contribution in [1.82, 2.24) is 4.90 Å². The Morgan fingerprint density at radius 3 is 3.00 bits per heavy atom. The van der Waals surface area contributed by atoms with Crippen molar-refractivity contribution >= 4 is 11.7 Å². The lowest BCUT2D eigenvalue weighted by Crippen LogP contribution is -2.47. The quantitative estimate of drug-likeness (QED) is 0.841. The summed E-state index contributed by atoms with van der Waals surface area (Å²) in [5.74, 6) is 0.927. The van der Waals surface area contributed by atoms with E-state index in [9.17, 15) is 9.90 Å². The molecule has 1 aliphatic rings. The summed E-state index contributed by atoms with van der Waals surface area (Å²) in [7, 11) is 0. The summed E-state index contributed by atoms with van der Waals surface area (Å²) in [4.78, 5) is 13.9. The van der Waals surface area contributed by atoms with Crippen LogP contribution < -0.4 is 10.1 Å². The Bertz CT molecular complexity index is 544. The van der Waals surface area contributed by atoms with Crippen molar-refractivity contribution in [2.75, 3.05) is 25.0 Å². The average Bonchev–Trinajstić information content (AvgIpc) is 2.48. The van der Waals surface area contributed by atoms with Crippen molar-refractivity contribution in [1.29, 1.82) is 0 Å². The number of benzene rings is 1. The number of ether oxygens (including phenoxy) is 1. The van der Waals surface area contributed by atoms with E-state index in [0.717, 1.165) is 12.0 Å². The fraction of sp³-hybridized carbons (Fsp3) is 0.471. The van der Waals surface area contributed by atoms with Crippen LogP contribution in [0.3, 0.4) is 0 Å². The lowest BCUT2D eigenvalue weighted by atomic mass is 9.96. The molecule has 0 saturated carbocycles. The summed E-state index contributed by atoms with van der Waals surface area (Å²) >= 11 is 0. The minimum absolute atomic E-state index is 0.192. The number of carbonyl (C=O) groups is 1. The Morgan fingerprint density at radius 1 is 1.55 bits per heavy atom. The third kappa shape index (κ3) is 4.49. The van der Waals surface area contributed by atoms with Gasteiger partial charge in [-0.2, -0.15) is 0 Å². The third-order valence-corrected chi connectivity index (χ3v) is 3.78. The zero-order valence-corrected chi connectivity index (χ0v) is 13.2. The number of aliphatic hydroxyl groups is 1. The standard InChI is InChI=1S/C17H24N2O3/c1-12(2)11-22-15-6-4-5-14(9-15)18-17(21)19-8-7-13(3)16(20)10-19/h4-6,9,13,16,20H,1,7-8,10-11H2,2-3H3,(H,18,21). The molecule has 0 aliphatic carbocycles. The monoisotopic (exact) mass is 304 g/mol. The summed E-state index contributed by atoms with van der Waals surface area (Å²) in [6, 6.07) is 7.07. The predicted molar refractivity (Wildman–Crippen MR) is 87.1 cm³/mol. The van der Waals surface area contributed by atoms with Crippen LogP contribution in [0.25, 0.3) is 0 Å². The van der Waals surface area contributed by atoms with Crippen LogP contribution in [0.1, 0.15) is 20.3 Å². The molecule has 1 heterocycles. The molecule has 2 rings (SSSR count). The van der Waals surface area contributed by atoms with Crippen LogP contribution in [0, 0.1) is 5.92 Å². The van der Waals surface area contributed by atoms with Gasteiger partial charge >= 0.3 is 6.03 Å². The highest BCUT2D eigenvalue weighted by molar-refractivity contribution is 5.89. The van der Waals surface area contributed by atoms with Crippen LogP contribution in [-0.4, -0.2) is 41.8 Å². The zero-order chi connectivity index (χ0) is 16.1. The summed E-state index contributed by atoms with van der Waals surface area (Å²) in [6.07, 6.45) is 0.362. The lowest BCUT2D eigenvalue weighted by Gasteiger charge is -2.34. The van der Waals surface area contributed by atoms with Gasteiger partial charge in [0.25, 0.3) is 0 Å². The van der Waals surface area contributed by atoms with Crippen molar-refractivity contribution in [2.24, 2.45) is 5.92 Å². The van der Waals surface area contributed by atoms with Gasteiger partial charge in [0.15, 0.2) is 0 Å². The second kappa shape index (κ2) is 7.31. The zero-order valence-electron chi connectivity index (χ0n) is 13.2. The van der Waals surface area contributed by atoms with Crippen LogP contribution in [0.5, 0.6) is 5.75 Å². The van der Waals surface area contributed by atoms with Crippen LogP contribution >= 0.6 is 0 Å².